The maximum Gasteiger partial charge on any atom is 0.133 e. The van der Waals surface area contributed by atoms with Crippen LogP contribution in [-0.4, -0.2) is 31.3 Å². The van der Waals surface area contributed by atoms with Gasteiger partial charge in [-0.25, -0.2) is 0 Å². The summed E-state index contributed by atoms with van der Waals surface area (Å²) in [5.41, 5.74) is 0. The van der Waals surface area contributed by atoms with Crippen molar-refractivity contribution in [1.29, 1.82) is 0 Å². The van der Waals surface area contributed by atoms with E-state index in [1.807, 2.05) is 0 Å². The molecule has 0 atom stereocenters. The summed E-state index contributed by atoms with van der Waals surface area (Å²) in [7, 11) is 4.23. The van der Waals surface area contributed by atoms with Crippen LogP contribution in [0.25, 0.3) is 0 Å². The molecule has 0 amide bonds. The highest BCUT2D eigenvalue weighted by molar-refractivity contribution is 5.78. The Kier molecular flexibility index (Phi) is 36.9. The molecule has 0 bridgehead atoms. The van der Waals surface area contributed by atoms with E-state index in [2.05, 4.69) is 106 Å². The van der Waals surface area contributed by atoms with Crippen LogP contribution in [0.4, 0.5) is 0 Å². The fourth-order valence-corrected chi connectivity index (χ4v) is 5.85. The van der Waals surface area contributed by atoms with Crippen molar-refractivity contribution in [2.45, 2.75) is 181 Å². The predicted molar refractivity (Wildman–Crippen MR) is 213 cm³/mol. The third kappa shape index (κ3) is 38.4. The highest BCUT2D eigenvalue weighted by Crippen LogP contribution is 2.23. The van der Waals surface area contributed by atoms with E-state index in [0.717, 1.165) is 57.9 Å². The smallest absolute Gasteiger partial charge is 0.133 e. The molecule has 0 spiro atoms. The van der Waals surface area contributed by atoms with E-state index in [4.69, 9.17) is 0 Å². The Morgan fingerprint density at radius 2 is 0.851 bits per heavy atom. The van der Waals surface area contributed by atoms with Gasteiger partial charge in [-0.15, -0.1) is 0 Å². The maximum absolute atomic E-state index is 12.8. The SMILES string of the molecule is CCCCC/C=C\C/C=C\C/C=C\CCCCCC(CCCCC/C=C\C/C=C\C/C=C\CCCCC)CC(=O)CCCCN(C)C. The molecule has 2 nitrogen and oxygen atoms in total. The molecular formula is C45H79NO. The standard InChI is InChI=1S/C45H79NO/c1-5-7-9-11-13-15-17-19-21-23-25-27-29-31-33-35-39-44(43-45(47)41-37-38-42-46(3)4)40-36-34-32-30-28-26-24-22-20-18-16-14-12-10-8-6-2/h13-16,19-22,25-28,44H,5-12,17-18,23-24,29-43H2,1-4H3/b15-13-,16-14-,21-19-,22-20-,27-25-,28-26-. The van der Waals surface area contributed by atoms with Crippen LogP contribution in [0.1, 0.15) is 181 Å². The minimum atomic E-state index is 0.500. The van der Waals surface area contributed by atoms with Gasteiger partial charge in [0.15, 0.2) is 0 Å². The second-order valence-corrected chi connectivity index (χ2v) is 13.9. The van der Waals surface area contributed by atoms with E-state index in [0.29, 0.717) is 11.7 Å². The van der Waals surface area contributed by atoms with Crippen molar-refractivity contribution in [2.24, 2.45) is 5.92 Å². The van der Waals surface area contributed by atoms with Crippen LogP contribution in [0.3, 0.4) is 0 Å². The number of ketones is 1. The quantitative estimate of drug-likeness (QED) is 0.0503. The number of rotatable bonds is 35. The maximum atomic E-state index is 12.8. The Morgan fingerprint density at radius 1 is 0.468 bits per heavy atom. The number of carbonyl (C=O) groups excluding carboxylic acids is 1. The number of hydrogen-bond acceptors (Lipinski definition) is 2. The molecule has 0 aliphatic rings. The number of hydrogen-bond donors (Lipinski definition) is 0. The van der Waals surface area contributed by atoms with Gasteiger partial charge in [-0.3, -0.25) is 4.79 Å². The lowest BCUT2D eigenvalue weighted by Gasteiger charge is -2.16. The summed E-state index contributed by atoms with van der Waals surface area (Å²) in [6, 6.07) is 0. The van der Waals surface area contributed by atoms with Crippen LogP contribution in [0, 0.1) is 5.92 Å². The lowest BCUT2D eigenvalue weighted by Crippen LogP contribution is -2.14. The van der Waals surface area contributed by atoms with Crippen molar-refractivity contribution in [3.63, 3.8) is 0 Å². The first-order valence-corrected chi connectivity index (χ1v) is 20.2. The molecule has 0 aliphatic carbocycles. The van der Waals surface area contributed by atoms with Gasteiger partial charge < -0.3 is 4.90 Å². The summed E-state index contributed by atoms with van der Waals surface area (Å²) in [5, 5.41) is 0. The molecule has 0 rings (SSSR count). The summed E-state index contributed by atoms with van der Waals surface area (Å²) in [6.45, 7) is 5.60. The van der Waals surface area contributed by atoms with E-state index >= 15 is 0 Å². The van der Waals surface area contributed by atoms with Crippen molar-refractivity contribution in [2.75, 3.05) is 20.6 Å². The topological polar surface area (TPSA) is 20.3 Å². The fourth-order valence-electron chi connectivity index (χ4n) is 5.85. The highest BCUT2D eigenvalue weighted by Gasteiger charge is 2.13. The van der Waals surface area contributed by atoms with Gasteiger partial charge in [0.2, 0.25) is 0 Å². The van der Waals surface area contributed by atoms with Crippen molar-refractivity contribution in [3.8, 4) is 0 Å². The zero-order valence-corrected chi connectivity index (χ0v) is 32.0. The summed E-state index contributed by atoms with van der Waals surface area (Å²) < 4.78 is 0. The van der Waals surface area contributed by atoms with Crippen LogP contribution >= 0.6 is 0 Å². The Hall–Kier alpha value is -1.93. The first kappa shape index (κ1) is 45.1. The minimum absolute atomic E-state index is 0.500. The van der Waals surface area contributed by atoms with Crippen LogP contribution in [0.2, 0.25) is 0 Å². The molecule has 0 radical (unpaired) electrons. The number of allylic oxidation sites excluding steroid dienone is 12. The zero-order chi connectivity index (χ0) is 34.3. The van der Waals surface area contributed by atoms with E-state index < -0.39 is 0 Å². The van der Waals surface area contributed by atoms with Crippen LogP contribution in [0.5, 0.6) is 0 Å². The van der Waals surface area contributed by atoms with Gasteiger partial charge in [0.25, 0.3) is 0 Å². The van der Waals surface area contributed by atoms with Crippen LogP contribution < -0.4 is 0 Å². The first-order chi connectivity index (χ1) is 23.1. The molecule has 0 aromatic rings. The largest absolute Gasteiger partial charge is 0.309 e. The molecule has 0 heterocycles. The number of unbranched alkanes of at least 4 members (excludes halogenated alkanes) is 13. The summed E-state index contributed by atoms with van der Waals surface area (Å²) >= 11 is 0. The van der Waals surface area contributed by atoms with E-state index in [1.165, 1.54) is 116 Å². The van der Waals surface area contributed by atoms with Crippen LogP contribution in [-0.2, 0) is 4.79 Å². The zero-order valence-electron chi connectivity index (χ0n) is 32.0. The number of nitrogens with zero attached hydrogens (tertiary/aromatic N) is 1. The lowest BCUT2D eigenvalue weighted by molar-refractivity contribution is -0.120. The summed E-state index contributed by atoms with van der Waals surface area (Å²) in [4.78, 5) is 15.0. The van der Waals surface area contributed by atoms with Crippen molar-refractivity contribution >= 4 is 5.78 Å². The molecule has 0 aliphatic heterocycles. The molecule has 270 valence electrons. The fraction of sp³-hybridized carbons (Fsp3) is 0.711. The Morgan fingerprint density at radius 3 is 1.23 bits per heavy atom. The van der Waals surface area contributed by atoms with Gasteiger partial charge in [-0.2, -0.15) is 0 Å². The molecule has 0 fully saturated rings. The third-order valence-electron chi connectivity index (χ3n) is 8.83. The van der Waals surface area contributed by atoms with Gasteiger partial charge in [-0.05, 0) is 116 Å². The normalized spacial score (nSPS) is 12.8. The molecule has 0 unspecified atom stereocenters. The van der Waals surface area contributed by atoms with Gasteiger partial charge in [0.05, 0.1) is 0 Å². The third-order valence-corrected chi connectivity index (χ3v) is 8.83. The van der Waals surface area contributed by atoms with Gasteiger partial charge in [-0.1, -0.05) is 151 Å². The van der Waals surface area contributed by atoms with Crippen molar-refractivity contribution in [1.82, 2.24) is 4.90 Å². The average molecular weight is 650 g/mol. The monoisotopic (exact) mass is 650 g/mol. The van der Waals surface area contributed by atoms with Crippen LogP contribution in [0.15, 0.2) is 72.9 Å². The Labute approximate surface area is 295 Å². The van der Waals surface area contributed by atoms with E-state index in [-0.39, 0.29) is 0 Å². The number of carbonyl (C=O) groups is 1. The molecule has 0 aromatic carbocycles. The molecule has 0 saturated heterocycles. The van der Waals surface area contributed by atoms with E-state index in [1.54, 1.807) is 0 Å². The van der Waals surface area contributed by atoms with Gasteiger partial charge >= 0.3 is 0 Å². The van der Waals surface area contributed by atoms with Gasteiger partial charge in [0.1, 0.15) is 5.78 Å². The molecule has 0 saturated carbocycles. The lowest BCUT2D eigenvalue weighted by atomic mass is 9.89. The summed E-state index contributed by atoms with van der Waals surface area (Å²) in [6.07, 6.45) is 58.6. The molecule has 0 aromatic heterocycles. The minimum Gasteiger partial charge on any atom is -0.309 e. The Balaban J connectivity index is 4.19. The highest BCUT2D eigenvalue weighted by atomic mass is 16.1. The average Bonchev–Trinajstić information content (AvgIpc) is 3.06. The first-order valence-electron chi connectivity index (χ1n) is 20.2. The Bertz CT molecular complexity index is 773. The summed E-state index contributed by atoms with van der Waals surface area (Å²) in [5.74, 6) is 1.08. The molecular weight excluding hydrogens is 571 g/mol. The molecule has 0 N–H and O–H groups in total. The second-order valence-electron chi connectivity index (χ2n) is 13.9. The van der Waals surface area contributed by atoms with Crippen molar-refractivity contribution < 1.29 is 4.79 Å². The molecule has 2 heteroatoms. The predicted octanol–water partition coefficient (Wildman–Crippen LogP) is 14.3. The number of Topliss-reactive ketones (excluding diaryl/α,β-unsaturated/α-hetero) is 1. The van der Waals surface area contributed by atoms with E-state index in [9.17, 15) is 4.79 Å². The van der Waals surface area contributed by atoms with Gasteiger partial charge in [0, 0.05) is 12.8 Å². The molecule has 47 heavy (non-hydrogen) atoms. The second kappa shape index (κ2) is 38.5. The van der Waals surface area contributed by atoms with Crippen molar-refractivity contribution in [3.05, 3.63) is 72.9 Å².